The van der Waals surface area contributed by atoms with E-state index in [1.807, 2.05) is 13.8 Å². The van der Waals surface area contributed by atoms with Crippen LogP contribution in [-0.2, 0) is 9.59 Å². The average molecular weight is 226 g/mol. The van der Waals surface area contributed by atoms with E-state index in [0.717, 1.165) is 6.42 Å². The van der Waals surface area contributed by atoms with Gasteiger partial charge in [-0.05, 0) is 19.3 Å². The summed E-state index contributed by atoms with van der Waals surface area (Å²) >= 11 is 0. The van der Waals surface area contributed by atoms with E-state index >= 15 is 0 Å². The van der Waals surface area contributed by atoms with Crippen LogP contribution in [0.3, 0.4) is 0 Å². The number of hydrogen-bond acceptors (Lipinski definition) is 2. The molecule has 0 aromatic heterocycles. The summed E-state index contributed by atoms with van der Waals surface area (Å²) in [7, 11) is 0. The summed E-state index contributed by atoms with van der Waals surface area (Å²) in [6, 6.07) is 0. The van der Waals surface area contributed by atoms with Crippen LogP contribution in [0.2, 0.25) is 0 Å². The first-order valence-electron chi connectivity index (χ1n) is 5.64. The number of carbonyl (C=O) groups is 2. The van der Waals surface area contributed by atoms with Crippen LogP contribution in [0.25, 0.3) is 0 Å². The highest BCUT2D eigenvalue weighted by molar-refractivity contribution is 5.92. The Balaban J connectivity index is 3.44. The lowest BCUT2D eigenvalue weighted by Crippen LogP contribution is -2.30. The van der Waals surface area contributed by atoms with Gasteiger partial charge in [0, 0.05) is 25.1 Å². The fourth-order valence-corrected chi connectivity index (χ4v) is 1.11. The molecule has 0 aliphatic carbocycles. The Bertz CT molecular complexity index is 260. The minimum Gasteiger partial charge on any atom is -0.356 e. The predicted octanol–water partition coefficient (Wildman–Crippen LogP) is 1.23. The molecule has 0 fully saturated rings. The number of carbonyl (C=O) groups excluding carboxylic acids is 2. The van der Waals surface area contributed by atoms with E-state index in [1.165, 1.54) is 0 Å². The molecular formula is C12H22N2O2. The standard InChI is InChI=1S/C12H22N2O2/c1-9(2)8-11(15)13-6-5-7-14-12(16)10(3)4/h9H,3,5-8H2,1-2,4H3,(H,13,15)(H,14,16). The molecule has 0 radical (unpaired) electrons. The zero-order valence-corrected chi connectivity index (χ0v) is 10.4. The van der Waals surface area contributed by atoms with Crippen molar-refractivity contribution in [3.8, 4) is 0 Å². The number of nitrogens with one attached hydrogen (secondary N) is 2. The lowest BCUT2D eigenvalue weighted by Gasteiger charge is -2.07. The molecule has 16 heavy (non-hydrogen) atoms. The predicted molar refractivity (Wildman–Crippen MR) is 64.9 cm³/mol. The van der Waals surface area contributed by atoms with Crippen molar-refractivity contribution in [1.82, 2.24) is 10.6 Å². The summed E-state index contributed by atoms with van der Waals surface area (Å²) in [4.78, 5) is 22.3. The van der Waals surface area contributed by atoms with Gasteiger partial charge in [-0.2, -0.15) is 0 Å². The van der Waals surface area contributed by atoms with Crippen molar-refractivity contribution in [2.75, 3.05) is 13.1 Å². The third-order valence-corrected chi connectivity index (χ3v) is 1.94. The summed E-state index contributed by atoms with van der Waals surface area (Å²) in [5.74, 6) is 0.317. The van der Waals surface area contributed by atoms with Crippen molar-refractivity contribution < 1.29 is 9.59 Å². The van der Waals surface area contributed by atoms with Crippen LogP contribution in [0.5, 0.6) is 0 Å². The van der Waals surface area contributed by atoms with Crippen LogP contribution in [0.15, 0.2) is 12.2 Å². The third-order valence-electron chi connectivity index (χ3n) is 1.94. The molecular weight excluding hydrogens is 204 g/mol. The van der Waals surface area contributed by atoms with Crippen LogP contribution in [-0.4, -0.2) is 24.9 Å². The van der Waals surface area contributed by atoms with E-state index in [-0.39, 0.29) is 11.8 Å². The maximum Gasteiger partial charge on any atom is 0.246 e. The molecule has 0 heterocycles. The molecule has 0 atom stereocenters. The maximum absolute atomic E-state index is 11.2. The first-order valence-corrected chi connectivity index (χ1v) is 5.64. The molecule has 92 valence electrons. The van der Waals surface area contributed by atoms with E-state index in [9.17, 15) is 9.59 Å². The van der Waals surface area contributed by atoms with Gasteiger partial charge in [0.1, 0.15) is 0 Å². The molecule has 0 spiro atoms. The van der Waals surface area contributed by atoms with Gasteiger partial charge in [0.15, 0.2) is 0 Å². The van der Waals surface area contributed by atoms with E-state index in [0.29, 0.717) is 31.0 Å². The fourth-order valence-electron chi connectivity index (χ4n) is 1.11. The van der Waals surface area contributed by atoms with Crippen LogP contribution >= 0.6 is 0 Å². The Morgan fingerprint density at radius 3 is 2.25 bits per heavy atom. The van der Waals surface area contributed by atoms with Crippen molar-refractivity contribution in [2.45, 2.75) is 33.6 Å². The molecule has 4 heteroatoms. The van der Waals surface area contributed by atoms with Gasteiger partial charge in [0.05, 0.1) is 0 Å². The smallest absolute Gasteiger partial charge is 0.246 e. The molecule has 2 N–H and O–H groups in total. The van der Waals surface area contributed by atoms with Gasteiger partial charge in [-0.15, -0.1) is 0 Å². The molecule has 0 saturated carbocycles. The molecule has 0 bridgehead atoms. The van der Waals surface area contributed by atoms with E-state index in [1.54, 1.807) is 6.92 Å². The normalized spacial score (nSPS) is 10.0. The molecule has 0 saturated heterocycles. The first kappa shape index (κ1) is 14.7. The molecule has 0 aromatic rings. The highest BCUT2D eigenvalue weighted by Crippen LogP contribution is 1.97. The SMILES string of the molecule is C=C(C)C(=O)NCCCNC(=O)CC(C)C. The minimum atomic E-state index is -0.131. The Labute approximate surface area is 97.5 Å². The third kappa shape index (κ3) is 8.03. The van der Waals surface area contributed by atoms with Gasteiger partial charge in [-0.1, -0.05) is 20.4 Å². The number of rotatable bonds is 7. The summed E-state index contributed by atoms with van der Waals surface area (Å²) < 4.78 is 0. The molecule has 0 rings (SSSR count). The van der Waals surface area contributed by atoms with Gasteiger partial charge in [-0.25, -0.2) is 0 Å². The lowest BCUT2D eigenvalue weighted by molar-refractivity contribution is -0.121. The van der Waals surface area contributed by atoms with Crippen molar-refractivity contribution >= 4 is 11.8 Å². The van der Waals surface area contributed by atoms with Crippen molar-refractivity contribution in [3.05, 3.63) is 12.2 Å². The number of hydrogen-bond donors (Lipinski definition) is 2. The van der Waals surface area contributed by atoms with Gasteiger partial charge in [0.25, 0.3) is 0 Å². The quantitative estimate of drug-likeness (QED) is 0.507. The molecule has 0 aromatic carbocycles. The fraction of sp³-hybridized carbons (Fsp3) is 0.667. The molecule has 2 amide bonds. The minimum absolute atomic E-state index is 0.0706. The van der Waals surface area contributed by atoms with E-state index < -0.39 is 0 Å². The van der Waals surface area contributed by atoms with Crippen LogP contribution < -0.4 is 10.6 Å². The highest BCUT2D eigenvalue weighted by atomic mass is 16.2. The van der Waals surface area contributed by atoms with Crippen molar-refractivity contribution in [2.24, 2.45) is 5.92 Å². The average Bonchev–Trinajstić information content (AvgIpc) is 2.15. The zero-order chi connectivity index (χ0) is 12.6. The largest absolute Gasteiger partial charge is 0.356 e. The van der Waals surface area contributed by atoms with E-state index in [4.69, 9.17) is 0 Å². The molecule has 0 unspecified atom stereocenters. The maximum atomic E-state index is 11.2. The van der Waals surface area contributed by atoms with Crippen LogP contribution in [0, 0.1) is 5.92 Å². The topological polar surface area (TPSA) is 58.2 Å². The molecule has 0 aliphatic rings. The lowest BCUT2D eigenvalue weighted by atomic mass is 10.1. The summed E-state index contributed by atoms with van der Waals surface area (Å²) in [6.45, 7) is 10.4. The van der Waals surface area contributed by atoms with Crippen LogP contribution in [0.4, 0.5) is 0 Å². The zero-order valence-electron chi connectivity index (χ0n) is 10.4. The summed E-state index contributed by atoms with van der Waals surface area (Å²) in [5.41, 5.74) is 0.504. The Morgan fingerprint density at radius 2 is 1.75 bits per heavy atom. The second-order valence-electron chi connectivity index (χ2n) is 4.34. The first-order chi connectivity index (χ1) is 7.43. The van der Waals surface area contributed by atoms with Gasteiger partial charge in [-0.3, -0.25) is 9.59 Å². The Kier molecular flexibility index (Phi) is 7.25. The molecule has 0 aliphatic heterocycles. The molecule has 4 nitrogen and oxygen atoms in total. The highest BCUT2D eigenvalue weighted by Gasteiger charge is 2.03. The van der Waals surface area contributed by atoms with Crippen LogP contribution in [0.1, 0.15) is 33.6 Å². The van der Waals surface area contributed by atoms with Crippen molar-refractivity contribution in [1.29, 1.82) is 0 Å². The summed E-state index contributed by atoms with van der Waals surface area (Å²) in [6.07, 6.45) is 1.29. The monoisotopic (exact) mass is 226 g/mol. The summed E-state index contributed by atoms with van der Waals surface area (Å²) in [5, 5.41) is 5.51. The Morgan fingerprint density at radius 1 is 1.19 bits per heavy atom. The van der Waals surface area contributed by atoms with E-state index in [2.05, 4.69) is 17.2 Å². The van der Waals surface area contributed by atoms with Gasteiger partial charge >= 0.3 is 0 Å². The number of amides is 2. The van der Waals surface area contributed by atoms with Gasteiger partial charge < -0.3 is 10.6 Å². The second kappa shape index (κ2) is 7.91. The van der Waals surface area contributed by atoms with Gasteiger partial charge in [0.2, 0.25) is 11.8 Å². The van der Waals surface area contributed by atoms with Crippen molar-refractivity contribution in [3.63, 3.8) is 0 Å². The Hall–Kier alpha value is -1.32. The second-order valence-corrected chi connectivity index (χ2v) is 4.34.